The number of fused-ring (bicyclic) bond motifs is 1. The molecule has 0 saturated carbocycles. The predicted molar refractivity (Wildman–Crippen MR) is 133 cm³/mol. The average Bonchev–Trinajstić information content (AvgIpc) is 3.09. The summed E-state index contributed by atoms with van der Waals surface area (Å²) in [5.74, 6) is -0.754. The first kappa shape index (κ1) is 24.1. The summed E-state index contributed by atoms with van der Waals surface area (Å²) in [5, 5.41) is 0.405. The normalized spacial score (nSPS) is 15.6. The van der Waals surface area contributed by atoms with Gasteiger partial charge in [-0.25, -0.2) is 9.79 Å². The van der Waals surface area contributed by atoms with Gasteiger partial charge in [0.1, 0.15) is 11.8 Å². The molecular weight excluding hydrogens is 544 g/mol. The summed E-state index contributed by atoms with van der Waals surface area (Å²) in [4.78, 5) is 42.8. The molecule has 1 aromatic heterocycles. The van der Waals surface area contributed by atoms with Crippen LogP contribution in [-0.2, 0) is 14.3 Å². The Balaban J connectivity index is 2.00. The van der Waals surface area contributed by atoms with Gasteiger partial charge in [0, 0.05) is 22.0 Å². The van der Waals surface area contributed by atoms with Crippen molar-refractivity contribution in [1.29, 1.82) is 0 Å². The van der Waals surface area contributed by atoms with Gasteiger partial charge >= 0.3 is 11.9 Å². The molecule has 0 saturated heterocycles. The molecule has 0 amide bonds. The first-order chi connectivity index (χ1) is 16.2. The molecule has 10 heteroatoms. The van der Waals surface area contributed by atoms with Crippen molar-refractivity contribution in [1.82, 2.24) is 4.57 Å². The van der Waals surface area contributed by atoms with E-state index in [9.17, 15) is 14.4 Å². The van der Waals surface area contributed by atoms with E-state index in [4.69, 9.17) is 21.1 Å². The first-order valence-corrected chi connectivity index (χ1v) is 12.0. The first-order valence-electron chi connectivity index (χ1n) is 10.0. The summed E-state index contributed by atoms with van der Waals surface area (Å²) >= 11 is 11.1. The highest BCUT2D eigenvalue weighted by atomic mass is 79.9. The number of thiazole rings is 1. The van der Waals surface area contributed by atoms with Crippen LogP contribution in [0.2, 0.25) is 5.02 Å². The van der Waals surface area contributed by atoms with Crippen molar-refractivity contribution >= 4 is 56.9 Å². The van der Waals surface area contributed by atoms with Crippen molar-refractivity contribution in [3.05, 3.63) is 94.0 Å². The molecule has 174 valence electrons. The molecular formula is C24H18BrClN2O5S. The van der Waals surface area contributed by atoms with Gasteiger partial charge in [0.15, 0.2) is 4.80 Å². The fourth-order valence-corrected chi connectivity index (χ4v) is 5.36. The topological polar surface area (TPSA) is 87.0 Å². The molecule has 0 bridgehead atoms. The number of methoxy groups -OCH3 is 1. The van der Waals surface area contributed by atoms with E-state index in [-0.39, 0.29) is 11.1 Å². The Labute approximate surface area is 211 Å². The quantitative estimate of drug-likeness (QED) is 0.358. The van der Waals surface area contributed by atoms with Crippen molar-refractivity contribution in [2.45, 2.75) is 19.9 Å². The van der Waals surface area contributed by atoms with Gasteiger partial charge in [0.2, 0.25) is 0 Å². The molecule has 2 aromatic carbocycles. The molecule has 0 N–H and O–H groups in total. The molecule has 1 aliphatic rings. The third kappa shape index (κ3) is 4.51. The van der Waals surface area contributed by atoms with Gasteiger partial charge in [-0.2, -0.15) is 0 Å². The molecule has 0 unspecified atom stereocenters. The number of ether oxygens (including phenoxy) is 2. The highest BCUT2D eigenvalue weighted by Gasteiger charge is 2.34. The van der Waals surface area contributed by atoms with E-state index in [1.807, 2.05) is 0 Å². The van der Waals surface area contributed by atoms with Gasteiger partial charge in [0.05, 0.1) is 22.9 Å². The third-order valence-electron chi connectivity index (χ3n) is 5.14. The lowest BCUT2D eigenvalue weighted by atomic mass is 9.96. The maximum Gasteiger partial charge on any atom is 0.338 e. The van der Waals surface area contributed by atoms with Crippen LogP contribution in [0.3, 0.4) is 0 Å². The maximum atomic E-state index is 13.6. The molecule has 34 heavy (non-hydrogen) atoms. The standard InChI is InChI=1S/C24H18BrClN2O5S/c1-12-20(23(31)32-3)21(16-6-4-5-7-17(16)26)28-22(30)19(34-24(28)27-12)11-14-10-15(25)8-9-18(14)33-13(2)29/h4-11,21H,1-3H3/b19-11+/t21-/m1/s1. The molecule has 2 heterocycles. The van der Waals surface area contributed by atoms with E-state index in [1.165, 1.54) is 18.6 Å². The van der Waals surface area contributed by atoms with Gasteiger partial charge in [-0.1, -0.05) is 57.1 Å². The molecule has 0 fully saturated rings. The Morgan fingerprint density at radius 2 is 1.97 bits per heavy atom. The van der Waals surface area contributed by atoms with Gasteiger partial charge in [0.25, 0.3) is 5.56 Å². The molecule has 1 aliphatic heterocycles. The Morgan fingerprint density at radius 1 is 1.24 bits per heavy atom. The van der Waals surface area contributed by atoms with Gasteiger partial charge < -0.3 is 9.47 Å². The number of rotatable bonds is 4. The second kappa shape index (κ2) is 9.69. The Bertz CT molecular complexity index is 1540. The van der Waals surface area contributed by atoms with Crippen LogP contribution in [-0.4, -0.2) is 23.6 Å². The van der Waals surface area contributed by atoms with E-state index in [2.05, 4.69) is 20.9 Å². The number of allylic oxidation sites excluding steroid dienone is 1. The van der Waals surface area contributed by atoms with E-state index in [1.54, 1.807) is 55.5 Å². The zero-order valence-electron chi connectivity index (χ0n) is 18.3. The highest BCUT2D eigenvalue weighted by molar-refractivity contribution is 9.10. The van der Waals surface area contributed by atoms with Crippen LogP contribution in [0.5, 0.6) is 5.75 Å². The van der Waals surface area contributed by atoms with Crippen LogP contribution < -0.4 is 19.6 Å². The summed E-state index contributed by atoms with van der Waals surface area (Å²) in [5.41, 5.74) is 1.42. The van der Waals surface area contributed by atoms with Crippen LogP contribution in [0.25, 0.3) is 6.08 Å². The fourth-order valence-electron chi connectivity index (χ4n) is 3.70. The van der Waals surface area contributed by atoms with Crippen molar-refractivity contribution in [3.8, 4) is 5.75 Å². The number of nitrogens with zero attached hydrogens (tertiary/aromatic N) is 2. The van der Waals surface area contributed by atoms with Crippen molar-refractivity contribution in [3.63, 3.8) is 0 Å². The molecule has 0 radical (unpaired) electrons. The third-order valence-corrected chi connectivity index (χ3v) is 6.96. The summed E-state index contributed by atoms with van der Waals surface area (Å²) in [6.45, 7) is 3.00. The maximum absolute atomic E-state index is 13.6. The Morgan fingerprint density at radius 3 is 2.65 bits per heavy atom. The Kier molecular flexibility index (Phi) is 6.88. The lowest BCUT2D eigenvalue weighted by molar-refractivity contribution is -0.136. The number of hydrogen-bond donors (Lipinski definition) is 0. The minimum Gasteiger partial charge on any atom is -0.466 e. The zero-order valence-corrected chi connectivity index (χ0v) is 21.5. The monoisotopic (exact) mass is 560 g/mol. The number of halogens is 2. The minimum absolute atomic E-state index is 0.234. The molecule has 3 aromatic rings. The molecule has 0 aliphatic carbocycles. The number of aromatic nitrogens is 1. The van der Waals surface area contributed by atoms with E-state index in [0.717, 1.165) is 15.8 Å². The highest BCUT2D eigenvalue weighted by Crippen LogP contribution is 2.34. The van der Waals surface area contributed by atoms with Crippen molar-refractivity contribution < 1.29 is 19.1 Å². The second-order valence-corrected chi connectivity index (χ2v) is 9.70. The van der Waals surface area contributed by atoms with Crippen LogP contribution in [0.15, 0.2) is 68.0 Å². The van der Waals surface area contributed by atoms with Gasteiger partial charge in [-0.3, -0.25) is 14.2 Å². The van der Waals surface area contributed by atoms with Crippen molar-refractivity contribution in [2.75, 3.05) is 7.11 Å². The number of hydrogen-bond acceptors (Lipinski definition) is 7. The summed E-state index contributed by atoms with van der Waals surface area (Å²) in [6.07, 6.45) is 1.63. The number of carbonyl (C=O) groups is 2. The fraction of sp³-hybridized carbons (Fsp3) is 0.167. The predicted octanol–water partition coefficient (Wildman–Crippen LogP) is 3.75. The SMILES string of the molecule is COC(=O)C1=C(C)N=c2s/c(=C/c3cc(Br)ccc3OC(C)=O)c(=O)n2[C@@H]1c1ccccc1Cl. The second-order valence-electron chi connectivity index (χ2n) is 7.37. The summed E-state index contributed by atoms with van der Waals surface area (Å²) in [7, 11) is 1.28. The van der Waals surface area contributed by atoms with Crippen LogP contribution in [0.1, 0.15) is 31.0 Å². The van der Waals surface area contributed by atoms with Gasteiger partial charge in [-0.15, -0.1) is 0 Å². The average molecular weight is 562 g/mol. The largest absolute Gasteiger partial charge is 0.466 e. The smallest absolute Gasteiger partial charge is 0.338 e. The van der Waals surface area contributed by atoms with Crippen LogP contribution in [0, 0.1) is 0 Å². The number of carbonyl (C=O) groups excluding carboxylic acids is 2. The van der Waals surface area contributed by atoms with Gasteiger partial charge in [-0.05, 0) is 42.8 Å². The lowest BCUT2D eigenvalue weighted by Crippen LogP contribution is -2.39. The number of esters is 2. The summed E-state index contributed by atoms with van der Waals surface area (Å²) < 4.78 is 12.8. The molecule has 7 nitrogen and oxygen atoms in total. The molecule has 4 rings (SSSR count). The zero-order chi connectivity index (χ0) is 24.6. The summed E-state index contributed by atoms with van der Waals surface area (Å²) in [6, 6.07) is 11.3. The lowest BCUT2D eigenvalue weighted by Gasteiger charge is -2.25. The van der Waals surface area contributed by atoms with E-state index >= 15 is 0 Å². The van der Waals surface area contributed by atoms with E-state index < -0.39 is 18.0 Å². The molecule has 0 spiro atoms. The molecule has 1 atom stereocenters. The van der Waals surface area contributed by atoms with E-state index in [0.29, 0.717) is 36.9 Å². The number of benzene rings is 2. The van der Waals surface area contributed by atoms with Crippen molar-refractivity contribution in [2.24, 2.45) is 4.99 Å². The Hall–Kier alpha value is -3.01. The van der Waals surface area contributed by atoms with Crippen LogP contribution >= 0.6 is 38.9 Å². The van der Waals surface area contributed by atoms with Crippen LogP contribution in [0.4, 0.5) is 0 Å². The minimum atomic E-state index is -0.810.